The number of rotatable bonds is 5. The van der Waals surface area contributed by atoms with Gasteiger partial charge < -0.3 is 16.8 Å². The fraction of sp³-hybridized carbons (Fsp3) is 0.273. The zero-order valence-corrected chi connectivity index (χ0v) is 12.8. The Hall–Kier alpha value is -1.02. The molecular weight excluding hydrogens is 367 g/mol. The van der Waals surface area contributed by atoms with E-state index >= 15 is 0 Å². The molecule has 7 heteroatoms. The van der Waals surface area contributed by atoms with Crippen LogP contribution in [0.4, 0.5) is 5.69 Å². The van der Waals surface area contributed by atoms with Gasteiger partial charge in [0.2, 0.25) is 5.91 Å². The van der Waals surface area contributed by atoms with Crippen LogP contribution < -0.4 is 16.8 Å². The molecule has 5 N–H and O–H groups in total. The van der Waals surface area contributed by atoms with Gasteiger partial charge in [0.05, 0.1) is 0 Å². The van der Waals surface area contributed by atoms with E-state index in [1.54, 1.807) is 24.3 Å². The Labute approximate surface area is 128 Å². The average molecular weight is 383 g/mol. The number of nitrogens with two attached hydrogens (primary N) is 2. The topological polar surface area (TPSA) is 93.5 Å². The van der Waals surface area contributed by atoms with Crippen LogP contribution in [0.3, 0.4) is 0 Å². The minimum absolute atomic E-state index is 0. The van der Waals surface area contributed by atoms with E-state index in [4.69, 9.17) is 23.1 Å². The highest BCUT2D eigenvalue weighted by atomic mass is 127. The van der Waals surface area contributed by atoms with Crippen LogP contribution in [0.2, 0.25) is 5.02 Å². The highest BCUT2D eigenvalue weighted by Gasteiger charge is 2.01. The second-order valence-corrected chi connectivity index (χ2v) is 3.90. The number of hydrogen-bond acceptors (Lipinski definition) is 2. The van der Waals surface area contributed by atoms with Crippen molar-refractivity contribution in [3.8, 4) is 0 Å². The zero-order chi connectivity index (χ0) is 12.7. The summed E-state index contributed by atoms with van der Waals surface area (Å²) in [6.45, 7) is 0.455. The van der Waals surface area contributed by atoms with E-state index in [-0.39, 0.29) is 35.8 Å². The number of guanidine groups is 1. The molecule has 0 aromatic heterocycles. The third kappa shape index (κ3) is 7.33. The van der Waals surface area contributed by atoms with Crippen molar-refractivity contribution in [1.29, 1.82) is 0 Å². The van der Waals surface area contributed by atoms with Gasteiger partial charge >= 0.3 is 0 Å². The van der Waals surface area contributed by atoms with Gasteiger partial charge in [0.25, 0.3) is 0 Å². The number of aliphatic imine (C=N–C) groups is 1. The maximum absolute atomic E-state index is 11.5. The van der Waals surface area contributed by atoms with E-state index in [0.29, 0.717) is 24.4 Å². The number of anilines is 1. The lowest BCUT2D eigenvalue weighted by Gasteiger charge is -2.04. The molecule has 0 heterocycles. The number of carbonyl (C=O) groups excluding carboxylic acids is 1. The molecular formula is C11H16ClIN4O. The first-order chi connectivity index (χ1) is 8.08. The number of amides is 1. The Bertz CT molecular complexity index is 404. The maximum atomic E-state index is 11.5. The van der Waals surface area contributed by atoms with Gasteiger partial charge in [0.15, 0.2) is 5.96 Å². The minimum atomic E-state index is -0.0712. The molecule has 1 aromatic rings. The number of carbonyl (C=O) groups is 1. The monoisotopic (exact) mass is 382 g/mol. The Morgan fingerprint density at radius 1 is 1.28 bits per heavy atom. The lowest BCUT2D eigenvalue weighted by Crippen LogP contribution is -2.23. The van der Waals surface area contributed by atoms with Crippen molar-refractivity contribution in [2.45, 2.75) is 12.8 Å². The quantitative estimate of drug-likeness (QED) is 0.314. The maximum Gasteiger partial charge on any atom is 0.224 e. The largest absolute Gasteiger partial charge is 0.370 e. The summed E-state index contributed by atoms with van der Waals surface area (Å²) in [4.78, 5) is 15.3. The van der Waals surface area contributed by atoms with Crippen LogP contribution in [0.25, 0.3) is 0 Å². The Kier molecular flexibility index (Phi) is 8.47. The Morgan fingerprint density at radius 3 is 2.44 bits per heavy atom. The Morgan fingerprint density at radius 2 is 1.89 bits per heavy atom. The smallest absolute Gasteiger partial charge is 0.224 e. The van der Waals surface area contributed by atoms with Crippen molar-refractivity contribution < 1.29 is 4.79 Å². The highest BCUT2D eigenvalue weighted by molar-refractivity contribution is 14.0. The molecule has 5 nitrogen and oxygen atoms in total. The molecule has 0 aliphatic carbocycles. The number of halogens is 2. The van der Waals surface area contributed by atoms with Gasteiger partial charge in [0.1, 0.15) is 0 Å². The molecule has 0 bridgehead atoms. The molecule has 0 atom stereocenters. The predicted octanol–water partition coefficient (Wildman–Crippen LogP) is 1.95. The first-order valence-electron chi connectivity index (χ1n) is 5.19. The van der Waals surface area contributed by atoms with Crippen LogP contribution in [0, 0.1) is 0 Å². The lowest BCUT2D eigenvalue weighted by atomic mass is 10.2. The van der Waals surface area contributed by atoms with Crippen LogP contribution >= 0.6 is 35.6 Å². The number of hydrogen-bond donors (Lipinski definition) is 3. The van der Waals surface area contributed by atoms with E-state index in [2.05, 4.69) is 10.3 Å². The molecule has 0 spiro atoms. The second kappa shape index (κ2) is 8.98. The second-order valence-electron chi connectivity index (χ2n) is 3.47. The number of benzene rings is 1. The van der Waals surface area contributed by atoms with Gasteiger partial charge in [-0.3, -0.25) is 9.79 Å². The van der Waals surface area contributed by atoms with Gasteiger partial charge in [-0.05, 0) is 30.7 Å². The van der Waals surface area contributed by atoms with Gasteiger partial charge in [-0.1, -0.05) is 11.6 Å². The van der Waals surface area contributed by atoms with E-state index < -0.39 is 0 Å². The molecule has 0 aliphatic heterocycles. The van der Waals surface area contributed by atoms with Crippen molar-refractivity contribution in [2.75, 3.05) is 11.9 Å². The van der Waals surface area contributed by atoms with E-state index in [9.17, 15) is 4.79 Å². The van der Waals surface area contributed by atoms with Crippen LogP contribution in [-0.2, 0) is 4.79 Å². The third-order valence-corrected chi connectivity index (χ3v) is 2.24. The molecule has 0 saturated carbocycles. The third-order valence-electron chi connectivity index (χ3n) is 1.98. The van der Waals surface area contributed by atoms with Crippen molar-refractivity contribution in [3.63, 3.8) is 0 Å². The van der Waals surface area contributed by atoms with E-state index in [1.165, 1.54) is 0 Å². The molecule has 0 unspecified atom stereocenters. The first kappa shape index (κ1) is 17.0. The van der Waals surface area contributed by atoms with Crippen molar-refractivity contribution >= 4 is 53.1 Å². The molecule has 18 heavy (non-hydrogen) atoms. The average Bonchev–Trinajstić information content (AvgIpc) is 2.27. The van der Waals surface area contributed by atoms with Crippen molar-refractivity contribution in [1.82, 2.24) is 0 Å². The predicted molar refractivity (Wildman–Crippen MR) is 85.4 cm³/mol. The minimum Gasteiger partial charge on any atom is -0.370 e. The summed E-state index contributed by atoms with van der Waals surface area (Å²) in [6, 6.07) is 6.93. The van der Waals surface area contributed by atoms with Crippen LogP contribution in [0.5, 0.6) is 0 Å². The molecule has 1 amide bonds. The first-order valence-corrected chi connectivity index (χ1v) is 5.56. The fourth-order valence-corrected chi connectivity index (χ4v) is 1.33. The molecule has 0 aliphatic rings. The zero-order valence-electron chi connectivity index (χ0n) is 9.73. The van der Waals surface area contributed by atoms with Gasteiger partial charge in [-0.2, -0.15) is 0 Å². The summed E-state index contributed by atoms with van der Waals surface area (Å²) in [7, 11) is 0. The van der Waals surface area contributed by atoms with E-state index in [0.717, 1.165) is 5.69 Å². The standard InChI is InChI=1S/C11H15ClN4O.HI/c12-8-3-5-9(6-4-8)16-10(17)2-1-7-15-11(13)14;/h3-6H,1-2,7H2,(H,16,17)(H4,13,14,15);1H. The number of nitrogens with zero attached hydrogens (tertiary/aromatic N) is 1. The van der Waals surface area contributed by atoms with Crippen LogP contribution in [0.15, 0.2) is 29.3 Å². The van der Waals surface area contributed by atoms with Crippen LogP contribution in [-0.4, -0.2) is 18.4 Å². The van der Waals surface area contributed by atoms with Crippen molar-refractivity contribution in [2.24, 2.45) is 16.5 Å². The van der Waals surface area contributed by atoms with E-state index in [1.807, 2.05) is 0 Å². The number of nitrogens with one attached hydrogen (secondary N) is 1. The summed E-state index contributed by atoms with van der Waals surface area (Å²) in [5, 5.41) is 3.38. The SMILES string of the molecule is I.NC(N)=NCCCC(=O)Nc1ccc(Cl)cc1. The molecule has 1 aromatic carbocycles. The summed E-state index contributed by atoms with van der Waals surface area (Å²) in [5.41, 5.74) is 11.0. The summed E-state index contributed by atoms with van der Waals surface area (Å²) >= 11 is 5.73. The van der Waals surface area contributed by atoms with Gasteiger partial charge in [-0.15, -0.1) is 24.0 Å². The summed E-state index contributed by atoms with van der Waals surface area (Å²) < 4.78 is 0. The highest BCUT2D eigenvalue weighted by Crippen LogP contribution is 2.13. The molecule has 0 saturated heterocycles. The fourth-order valence-electron chi connectivity index (χ4n) is 1.20. The molecule has 0 radical (unpaired) electrons. The lowest BCUT2D eigenvalue weighted by molar-refractivity contribution is -0.116. The van der Waals surface area contributed by atoms with Gasteiger partial charge in [-0.25, -0.2) is 0 Å². The summed E-state index contributed by atoms with van der Waals surface area (Å²) in [5.74, 6) is -0.0266. The molecule has 0 fully saturated rings. The molecule has 1 rings (SSSR count). The molecule has 100 valence electrons. The van der Waals surface area contributed by atoms with Crippen LogP contribution in [0.1, 0.15) is 12.8 Å². The summed E-state index contributed by atoms with van der Waals surface area (Å²) in [6.07, 6.45) is 0.983. The van der Waals surface area contributed by atoms with Crippen molar-refractivity contribution in [3.05, 3.63) is 29.3 Å². The normalized spacial score (nSPS) is 9.17. The Balaban J connectivity index is 0.00000289. The van der Waals surface area contributed by atoms with Gasteiger partial charge in [0, 0.05) is 23.7 Å².